The van der Waals surface area contributed by atoms with E-state index in [1.54, 1.807) is 36.7 Å². The molecule has 2 rings (SSSR count). The molecule has 82 valence electrons. The lowest BCUT2D eigenvalue weighted by Crippen LogP contribution is -2.12. The Morgan fingerprint density at radius 2 is 1.94 bits per heavy atom. The molecule has 5 heteroatoms. The predicted molar refractivity (Wildman–Crippen MR) is 64.5 cm³/mol. The zero-order valence-electron chi connectivity index (χ0n) is 8.27. The fourth-order valence-electron chi connectivity index (χ4n) is 1.42. The van der Waals surface area contributed by atoms with Gasteiger partial charge in [-0.2, -0.15) is 10.2 Å². The normalized spacial score (nSPS) is 12.4. The molecule has 1 aromatic heterocycles. The molecule has 2 N–H and O–H groups in total. The molecule has 1 aromatic carbocycles. The molecule has 0 fully saturated rings. The van der Waals surface area contributed by atoms with Crippen molar-refractivity contribution in [3.63, 3.8) is 0 Å². The van der Waals surface area contributed by atoms with E-state index in [1.165, 1.54) is 0 Å². The van der Waals surface area contributed by atoms with Gasteiger partial charge in [-0.1, -0.05) is 23.2 Å². The van der Waals surface area contributed by atoms with E-state index in [9.17, 15) is 0 Å². The molecule has 0 bridgehead atoms. The topological polar surface area (TPSA) is 51.8 Å². The number of rotatable bonds is 2. The van der Waals surface area contributed by atoms with Crippen molar-refractivity contribution in [1.82, 2.24) is 10.2 Å². The van der Waals surface area contributed by atoms with Gasteiger partial charge in [0.2, 0.25) is 0 Å². The molecule has 0 aliphatic heterocycles. The number of aromatic nitrogens is 2. The largest absolute Gasteiger partial charge is 0.320 e. The maximum Gasteiger partial charge on any atom is 0.0583 e. The highest BCUT2D eigenvalue weighted by molar-refractivity contribution is 6.33. The molecule has 0 aliphatic rings. The second-order valence-corrected chi connectivity index (χ2v) is 4.16. The van der Waals surface area contributed by atoms with E-state index in [0.717, 1.165) is 11.1 Å². The third-order valence-corrected chi connectivity index (χ3v) is 2.84. The van der Waals surface area contributed by atoms with E-state index < -0.39 is 0 Å². The zero-order chi connectivity index (χ0) is 11.5. The van der Waals surface area contributed by atoms with Gasteiger partial charge in [-0.05, 0) is 35.4 Å². The van der Waals surface area contributed by atoms with Gasteiger partial charge in [-0.3, -0.25) is 0 Å². The Hall–Kier alpha value is -1.16. The van der Waals surface area contributed by atoms with Gasteiger partial charge in [0.05, 0.1) is 12.2 Å². The third-order valence-electron chi connectivity index (χ3n) is 2.26. The van der Waals surface area contributed by atoms with Crippen LogP contribution in [0.2, 0.25) is 10.0 Å². The maximum atomic E-state index is 6.08. The van der Waals surface area contributed by atoms with Crippen LogP contribution in [-0.2, 0) is 0 Å². The Morgan fingerprint density at radius 3 is 2.62 bits per heavy atom. The Bertz CT molecular complexity index is 488. The van der Waals surface area contributed by atoms with Crippen LogP contribution in [-0.4, -0.2) is 10.2 Å². The highest BCUT2D eigenvalue weighted by atomic mass is 35.5. The highest BCUT2D eigenvalue weighted by Gasteiger charge is 2.13. The number of hydrogen-bond acceptors (Lipinski definition) is 3. The first kappa shape index (κ1) is 11.3. The van der Waals surface area contributed by atoms with E-state index in [4.69, 9.17) is 28.9 Å². The van der Waals surface area contributed by atoms with Crippen LogP contribution >= 0.6 is 23.2 Å². The Labute approximate surface area is 103 Å². The van der Waals surface area contributed by atoms with E-state index in [0.29, 0.717) is 10.0 Å². The van der Waals surface area contributed by atoms with E-state index >= 15 is 0 Å². The van der Waals surface area contributed by atoms with Crippen molar-refractivity contribution in [2.24, 2.45) is 5.73 Å². The third kappa shape index (κ3) is 2.32. The number of nitrogens with zero attached hydrogens (tertiary/aromatic N) is 2. The summed E-state index contributed by atoms with van der Waals surface area (Å²) >= 11 is 12.0. The van der Waals surface area contributed by atoms with Crippen molar-refractivity contribution in [3.05, 3.63) is 57.8 Å². The number of halogens is 2. The Morgan fingerprint density at radius 1 is 1.12 bits per heavy atom. The lowest BCUT2D eigenvalue weighted by molar-refractivity contribution is 0.846. The summed E-state index contributed by atoms with van der Waals surface area (Å²) in [6.07, 6.45) is 3.20. The van der Waals surface area contributed by atoms with Crippen LogP contribution in [0.1, 0.15) is 17.2 Å². The highest BCUT2D eigenvalue weighted by Crippen LogP contribution is 2.28. The van der Waals surface area contributed by atoms with E-state index in [2.05, 4.69) is 10.2 Å². The Balaban J connectivity index is 2.41. The minimum Gasteiger partial charge on any atom is -0.320 e. The van der Waals surface area contributed by atoms with Gasteiger partial charge < -0.3 is 5.73 Å². The second kappa shape index (κ2) is 4.78. The molecule has 0 spiro atoms. The molecule has 3 nitrogen and oxygen atoms in total. The van der Waals surface area contributed by atoms with Crippen molar-refractivity contribution in [2.45, 2.75) is 6.04 Å². The molecule has 0 amide bonds. The summed E-state index contributed by atoms with van der Waals surface area (Å²) in [5, 5.41) is 8.67. The summed E-state index contributed by atoms with van der Waals surface area (Å²) < 4.78 is 0. The summed E-state index contributed by atoms with van der Waals surface area (Å²) in [6, 6.07) is 6.67. The summed E-state index contributed by atoms with van der Waals surface area (Å²) in [5.74, 6) is 0. The second-order valence-electron chi connectivity index (χ2n) is 3.32. The van der Waals surface area contributed by atoms with Crippen molar-refractivity contribution in [1.29, 1.82) is 0 Å². The number of benzene rings is 1. The molecule has 16 heavy (non-hydrogen) atoms. The van der Waals surface area contributed by atoms with Crippen LogP contribution in [0.5, 0.6) is 0 Å². The molecular formula is C11H9Cl2N3. The summed E-state index contributed by atoms with van der Waals surface area (Å²) in [7, 11) is 0. The van der Waals surface area contributed by atoms with Crippen LogP contribution in [0.15, 0.2) is 36.7 Å². The minimum absolute atomic E-state index is 0.346. The molecule has 0 aliphatic carbocycles. The smallest absolute Gasteiger partial charge is 0.0583 e. The molecule has 0 radical (unpaired) electrons. The van der Waals surface area contributed by atoms with Crippen LogP contribution < -0.4 is 5.73 Å². The molecule has 1 atom stereocenters. The zero-order valence-corrected chi connectivity index (χ0v) is 9.78. The molecular weight excluding hydrogens is 245 g/mol. The maximum absolute atomic E-state index is 6.08. The van der Waals surface area contributed by atoms with Crippen molar-refractivity contribution in [2.75, 3.05) is 0 Å². The van der Waals surface area contributed by atoms with Crippen molar-refractivity contribution < 1.29 is 0 Å². The molecule has 1 unspecified atom stereocenters. The summed E-state index contributed by atoms with van der Waals surface area (Å²) in [4.78, 5) is 0. The quantitative estimate of drug-likeness (QED) is 0.896. The first-order valence-electron chi connectivity index (χ1n) is 4.65. The first-order chi connectivity index (χ1) is 7.68. The van der Waals surface area contributed by atoms with Gasteiger partial charge in [-0.15, -0.1) is 0 Å². The molecule has 2 aromatic rings. The first-order valence-corrected chi connectivity index (χ1v) is 5.41. The minimum atomic E-state index is -0.346. The van der Waals surface area contributed by atoms with E-state index in [-0.39, 0.29) is 6.04 Å². The van der Waals surface area contributed by atoms with E-state index in [1.807, 2.05) is 0 Å². The summed E-state index contributed by atoms with van der Waals surface area (Å²) in [6.45, 7) is 0. The lowest BCUT2D eigenvalue weighted by Gasteiger charge is -2.13. The van der Waals surface area contributed by atoms with Gasteiger partial charge in [0.25, 0.3) is 0 Å². The fourth-order valence-corrected chi connectivity index (χ4v) is 1.83. The monoisotopic (exact) mass is 253 g/mol. The van der Waals surface area contributed by atoms with Gasteiger partial charge in [0, 0.05) is 16.2 Å². The van der Waals surface area contributed by atoms with Crippen LogP contribution in [0, 0.1) is 0 Å². The fraction of sp³-hybridized carbons (Fsp3) is 0.0909. The van der Waals surface area contributed by atoms with Crippen molar-refractivity contribution in [3.8, 4) is 0 Å². The van der Waals surface area contributed by atoms with Gasteiger partial charge in [-0.25, -0.2) is 0 Å². The van der Waals surface area contributed by atoms with Gasteiger partial charge in [0.1, 0.15) is 0 Å². The van der Waals surface area contributed by atoms with Gasteiger partial charge in [0.15, 0.2) is 0 Å². The van der Waals surface area contributed by atoms with Gasteiger partial charge >= 0.3 is 0 Å². The Kier molecular flexibility index (Phi) is 3.39. The predicted octanol–water partition coefficient (Wildman–Crippen LogP) is 2.83. The summed E-state index contributed by atoms with van der Waals surface area (Å²) in [5.41, 5.74) is 7.70. The van der Waals surface area contributed by atoms with Crippen LogP contribution in [0.25, 0.3) is 0 Å². The molecule has 1 heterocycles. The average molecular weight is 254 g/mol. The lowest BCUT2D eigenvalue weighted by atomic mass is 10.0. The average Bonchev–Trinajstić information content (AvgIpc) is 2.32. The van der Waals surface area contributed by atoms with Crippen molar-refractivity contribution >= 4 is 23.2 Å². The van der Waals surface area contributed by atoms with Crippen LogP contribution in [0.3, 0.4) is 0 Å². The molecule has 0 saturated carbocycles. The van der Waals surface area contributed by atoms with Crippen LogP contribution in [0.4, 0.5) is 0 Å². The SMILES string of the molecule is NC(c1ccnnc1)c1cc(Cl)ccc1Cl. The number of hydrogen-bond donors (Lipinski definition) is 1. The molecule has 0 saturated heterocycles. The number of nitrogens with two attached hydrogens (primary N) is 1. The standard InChI is InChI=1S/C11H9Cl2N3/c12-8-1-2-10(13)9(5-8)11(14)7-3-4-15-16-6-7/h1-6,11H,14H2.